The second kappa shape index (κ2) is 10.9. The number of halogens is 1. The van der Waals surface area contributed by atoms with Crippen LogP contribution in [-0.4, -0.2) is 27.4 Å². The highest BCUT2D eigenvalue weighted by molar-refractivity contribution is 9.12. The van der Waals surface area contributed by atoms with E-state index in [0.717, 1.165) is 26.2 Å². The lowest BCUT2D eigenvalue weighted by molar-refractivity contribution is -0.118. The number of para-hydroxylation sites is 2. The number of thioether (sulfide) groups is 1. The first-order valence-electron chi connectivity index (χ1n) is 10.1. The van der Waals surface area contributed by atoms with Crippen LogP contribution in [0.4, 0.5) is 0 Å². The van der Waals surface area contributed by atoms with Crippen molar-refractivity contribution in [3.63, 3.8) is 0 Å². The fourth-order valence-corrected chi connectivity index (χ4v) is 4.33. The monoisotopic (exact) mass is 504 g/mol. The van der Waals surface area contributed by atoms with E-state index >= 15 is 0 Å². The largest absolute Gasteiger partial charge is 0.314 e. The normalized spacial score (nSPS) is 11.8. The van der Waals surface area contributed by atoms with Crippen molar-refractivity contribution in [2.75, 3.05) is 5.75 Å². The molecule has 0 saturated carbocycles. The van der Waals surface area contributed by atoms with Crippen molar-refractivity contribution < 1.29 is 4.79 Å². The van der Waals surface area contributed by atoms with Crippen LogP contribution >= 0.6 is 27.7 Å². The van der Waals surface area contributed by atoms with Gasteiger partial charge in [0, 0.05) is 4.48 Å². The number of carbonyl (C=O) groups is 1. The fourth-order valence-electron chi connectivity index (χ4n) is 3.16. The van der Waals surface area contributed by atoms with Crippen LogP contribution < -0.4 is 5.43 Å². The van der Waals surface area contributed by atoms with Crippen LogP contribution in [0.2, 0.25) is 0 Å². The number of allylic oxidation sites excluding steroid dienone is 1. The van der Waals surface area contributed by atoms with Gasteiger partial charge in [-0.05, 0) is 45.3 Å². The molecule has 1 aromatic heterocycles. The predicted molar refractivity (Wildman–Crippen MR) is 136 cm³/mol. The first-order valence-corrected chi connectivity index (χ1v) is 11.8. The molecule has 0 spiro atoms. The molecule has 1 N–H and O–H groups in total. The molecule has 0 aliphatic rings. The van der Waals surface area contributed by atoms with Crippen molar-refractivity contribution in [2.45, 2.75) is 11.7 Å². The lowest BCUT2D eigenvalue weighted by atomic mass is 10.2. The summed E-state index contributed by atoms with van der Waals surface area (Å²) in [4.78, 5) is 17.1. The van der Waals surface area contributed by atoms with Gasteiger partial charge in [0.1, 0.15) is 0 Å². The fraction of sp³-hybridized carbons (Fsp3) is 0.0800. The lowest BCUT2D eigenvalue weighted by Gasteiger charge is -2.09. The third-order valence-corrected chi connectivity index (χ3v) is 6.03. The van der Waals surface area contributed by atoms with Crippen molar-refractivity contribution in [2.24, 2.45) is 5.10 Å². The molecule has 0 radical (unpaired) electrons. The average Bonchev–Trinajstić information content (AvgIpc) is 3.16. The van der Waals surface area contributed by atoms with Gasteiger partial charge in [-0.15, -0.1) is 0 Å². The van der Waals surface area contributed by atoms with Gasteiger partial charge in [0.25, 0.3) is 5.91 Å². The predicted octanol–water partition coefficient (Wildman–Crippen LogP) is 5.71. The minimum atomic E-state index is -0.190. The van der Waals surface area contributed by atoms with E-state index in [0.29, 0.717) is 6.54 Å². The number of fused-ring (bicyclic) bond motifs is 1. The standard InChI is InChI=1S/C25H21BrN4OS/c26-21(15-19-9-3-1-4-10-19)16-27-29-24(31)18-32-25-28-22-13-7-8-14-23(22)30(25)17-20-11-5-2-6-12-20/h1-16H,17-18H2,(H,29,31)/b21-15+,27-16-. The third-order valence-electron chi connectivity index (χ3n) is 4.62. The molecule has 3 aromatic carbocycles. The summed E-state index contributed by atoms with van der Waals surface area (Å²) in [5.74, 6) is 0.0275. The SMILES string of the molecule is O=C(CSc1nc2ccccc2n1Cc1ccccc1)N/N=C\C(Br)=C/c1ccccc1. The highest BCUT2D eigenvalue weighted by Crippen LogP contribution is 2.25. The molecule has 7 heteroatoms. The molecule has 160 valence electrons. The topological polar surface area (TPSA) is 59.3 Å². The number of rotatable bonds is 8. The zero-order valence-corrected chi connectivity index (χ0v) is 19.6. The number of imidazole rings is 1. The summed E-state index contributed by atoms with van der Waals surface area (Å²) in [6, 6.07) is 28.1. The van der Waals surface area contributed by atoms with Gasteiger partial charge in [0.15, 0.2) is 5.16 Å². The molecule has 4 rings (SSSR count). The number of hydrazone groups is 1. The van der Waals surface area contributed by atoms with Crippen LogP contribution in [0.25, 0.3) is 17.1 Å². The second-order valence-corrected chi connectivity index (χ2v) is 8.83. The Kier molecular flexibility index (Phi) is 7.53. The highest BCUT2D eigenvalue weighted by atomic mass is 79.9. The first kappa shape index (κ1) is 22.0. The van der Waals surface area contributed by atoms with Gasteiger partial charge < -0.3 is 4.57 Å². The summed E-state index contributed by atoms with van der Waals surface area (Å²) in [7, 11) is 0. The Morgan fingerprint density at radius 1 is 1.00 bits per heavy atom. The van der Waals surface area contributed by atoms with E-state index in [1.54, 1.807) is 6.21 Å². The minimum absolute atomic E-state index is 0.190. The van der Waals surface area contributed by atoms with Crippen LogP contribution in [0, 0.1) is 0 Å². The van der Waals surface area contributed by atoms with Crippen molar-refractivity contribution in [1.82, 2.24) is 15.0 Å². The van der Waals surface area contributed by atoms with Crippen molar-refractivity contribution in [1.29, 1.82) is 0 Å². The molecule has 0 bridgehead atoms. The molecular formula is C25H21BrN4OS. The maximum absolute atomic E-state index is 12.3. The number of aromatic nitrogens is 2. The van der Waals surface area contributed by atoms with Gasteiger partial charge in [-0.1, -0.05) is 84.6 Å². The van der Waals surface area contributed by atoms with Gasteiger partial charge in [-0.25, -0.2) is 10.4 Å². The average molecular weight is 505 g/mol. The molecule has 32 heavy (non-hydrogen) atoms. The summed E-state index contributed by atoms with van der Waals surface area (Å²) in [6.45, 7) is 0.695. The minimum Gasteiger partial charge on any atom is -0.314 e. The molecule has 0 unspecified atom stereocenters. The number of nitrogens with one attached hydrogen (secondary N) is 1. The summed E-state index contributed by atoms with van der Waals surface area (Å²) in [6.07, 6.45) is 3.50. The van der Waals surface area contributed by atoms with Gasteiger partial charge in [0.2, 0.25) is 0 Å². The molecular weight excluding hydrogens is 484 g/mol. The van der Waals surface area contributed by atoms with Crippen LogP contribution in [-0.2, 0) is 11.3 Å². The van der Waals surface area contributed by atoms with Crippen molar-refractivity contribution >= 4 is 56.9 Å². The van der Waals surface area contributed by atoms with Crippen LogP contribution in [0.1, 0.15) is 11.1 Å². The second-order valence-electron chi connectivity index (χ2n) is 6.98. The number of benzene rings is 3. The molecule has 0 saturated heterocycles. The Bertz CT molecular complexity index is 1250. The Morgan fingerprint density at radius 2 is 1.69 bits per heavy atom. The zero-order valence-electron chi connectivity index (χ0n) is 17.2. The third kappa shape index (κ3) is 5.96. The Balaban J connectivity index is 1.40. The van der Waals surface area contributed by atoms with Gasteiger partial charge in [-0.2, -0.15) is 5.10 Å². The van der Waals surface area contributed by atoms with E-state index < -0.39 is 0 Å². The molecule has 1 amide bonds. The smallest absolute Gasteiger partial charge is 0.250 e. The van der Waals surface area contributed by atoms with E-state index in [1.807, 2.05) is 72.8 Å². The Labute approximate surface area is 199 Å². The molecule has 0 aliphatic carbocycles. The molecule has 0 atom stereocenters. The molecule has 0 aliphatic heterocycles. The molecule has 5 nitrogen and oxygen atoms in total. The molecule has 1 heterocycles. The summed E-state index contributed by atoms with van der Waals surface area (Å²) in [5.41, 5.74) is 6.77. The number of nitrogens with zero attached hydrogens (tertiary/aromatic N) is 3. The summed E-state index contributed by atoms with van der Waals surface area (Å²) < 4.78 is 2.91. The number of carbonyl (C=O) groups excluding carboxylic acids is 1. The maximum Gasteiger partial charge on any atom is 0.250 e. The van der Waals surface area contributed by atoms with Crippen molar-refractivity contribution in [3.05, 3.63) is 101 Å². The quantitative estimate of drug-likeness (QED) is 0.190. The first-order chi connectivity index (χ1) is 15.7. The van der Waals surface area contributed by atoms with E-state index in [9.17, 15) is 4.79 Å². The van der Waals surface area contributed by atoms with Crippen molar-refractivity contribution in [3.8, 4) is 0 Å². The Morgan fingerprint density at radius 3 is 2.47 bits per heavy atom. The van der Waals surface area contributed by atoms with E-state index in [2.05, 4.69) is 49.2 Å². The van der Waals surface area contributed by atoms with Gasteiger partial charge >= 0.3 is 0 Å². The summed E-state index contributed by atoms with van der Waals surface area (Å²) >= 11 is 4.84. The van der Waals surface area contributed by atoms with Crippen LogP contribution in [0.3, 0.4) is 0 Å². The molecule has 0 fully saturated rings. The summed E-state index contributed by atoms with van der Waals surface area (Å²) in [5, 5.41) is 4.84. The van der Waals surface area contributed by atoms with E-state index in [1.165, 1.54) is 17.3 Å². The number of amides is 1. The zero-order chi connectivity index (χ0) is 22.2. The van der Waals surface area contributed by atoms with Gasteiger partial charge in [-0.3, -0.25) is 4.79 Å². The maximum atomic E-state index is 12.3. The molecule has 4 aromatic rings. The highest BCUT2D eigenvalue weighted by Gasteiger charge is 2.13. The van der Waals surface area contributed by atoms with Gasteiger partial charge in [0.05, 0.1) is 29.5 Å². The number of hydrogen-bond acceptors (Lipinski definition) is 4. The van der Waals surface area contributed by atoms with Crippen LogP contribution in [0.15, 0.2) is 99.7 Å². The van der Waals surface area contributed by atoms with E-state index in [4.69, 9.17) is 4.98 Å². The van der Waals surface area contributed by atoms with Crippen LogP contribution in [0.5, 0.6) is 0 Å². The lowest BCUT2D eigenvalue weighted by Crippen LogP contribution is -2.20. The number of hydrogen-bond donors (Lipinski definition) is 1. The Hall–Kier alpha value is -3.16. The van der Waals surface area contributed by atoms with E-state index in [-0.39, 0.29) is 11.7 Å².